The van der Waals surface area contributed by atoms with E-state index < -0.39 is 0 Å². The van der Waals surface area contributed by atoms with Crippen molar-refractivity contribution in [3.8, 4) is 11.3 Å². The van der Waals surface area contributed by atoms with E-state index in [0.29, 0.717) is 22.8 Å². The van der Waals surface area contributed by atoms with Crippen LogP contribution in [0.2, 0.25) is 0 Å². The molecule has 0 aliphatic heterocycles. The van der Waals surface area contributed by atoms with Crippen LogP contribution in [0.25, 0.3) is 16.9 Å². The minimum atomic E-state index is -0.308. The fourth-order valence-corrected chi connectivity index (χ4v) is 4.17. The van der Waals surface area contributed by atoms with Gasteiger partial charge in [0.05, 0.1) is 24.1 Å². The third-order valence-electron chi connectivity index (χ3n) is 6.00. The van der Waals surface area contributed by atoms with Crippen molar-refractivity contribution in [3.05, 3.63) is 101 Å². The van der Waals surface area contributed by atoms with Gasteiger partial charge in [-0.3, -0.25) is 9.89 Å². The summed E-state index contributed by atoms with van der Waals surface area (Å²) in [5.74, 6) is 1.48. The number of methoxy groups -OCH3 is 1. The molecule has 0 spiro atoms. The molecular formula is C27H29N5O2. The molecule has 2 atom stereocenters. The number of rotatable bonds is 8. The number of fused-ring (bicyclic) bond motifs is 1. The summed E-state index contributed by atoms with van der Waals surface area (Å²) in [5, 5.41) is 6.54. The lowest BCUT2D eigenvalue weighted by Gasteiger charge is -2.21. The molecule has 1 unspecified atom stereocenters. The largest absolute Gasteiger partial charge is 0.502 e. The van der Waals surface area contributed by atoms with Crippen molar-refractivity contribution in [1.29, 1.82) is 0 Å². The molecule has 0 radical (unpaired) electrons. The quantitative estimate of drug-likeness (QED) is 0.267. The maximum Gasteiger partial charge on any atom is 0.278 e. The molecule has 0 fully saturated rings. The summed E-state index contributed by atoms with van der Waals surface area (Å²) in [5.41, 5.74) is 3.60. The number of hydrogen-bond acceptors (Lipinski definition) is 5. The first-order chi connectivity index (χ1) is 16.4. The highest BCUT2D eigenvalue weighted by Crippen LogP contribution is 2.32. The van der Waals surface area contributed by atoms with E-state index in [1.54, 1.807) is 19.4 Å². The highest BCUT2D eigenvalue weighted by atomic mass is 16.5. The van der Waals surface area contributed by atoms with Crippen LogP contribution < -0.4 is 10.9 Å². The summed E-state index contributed by atoms with van der Waals surface area (Å²) in [6.07, 6.45) is 5.47. The number of nitrogens with zero attached hydrogens (tertiary/aromatic N) is 3. The minimum Gasteiger partial charge on any atom is -0.502 e. The Bertz CT molecular complexity index is 1390. The molecule has 0 saturated carbocycles. The van der Waals surface area contributed by atoms with E-state index in [1.807, 2.05) is 75.4 Å². The second-order valence-corrected chi connectivity index (χ2v) is 8.26. The zero-order valence-electron chi connectivity index (χ0n) is 19.9. The number of ether oxygens (including phenoxy) is 1. The fraction of sp³-hybridized carbons (Fsp3) is 0.222. The third kappa shape index (κ3) is 4.37. The number of aromatic nitrogens is 4. The predicted octanol–water partition coefficient (Wildman–Crippen LogP) is 5.59. The van der Waals surface area contributed by atoms with E-state index in [4.69, 9.17) is 9.72 Å². The summed E-state index contributed by atoms with van der Waals surface area (Å²) < 4.78 is 6.86. The average Bonchev–Trinajstić information content (AvgIpc) is 3.19. The Morgan fingerprint density at radius 3 is 2.59 bits per heavy atom. The van der Waals surface area contributed by atoms with Crippen LogP contribution in [0.4, 0.5) is 11.6 Å². The number of hydrogen-bond donors (Lipinski definition) is 2. The Morgan fingerprint density at radius 2 is 1.94 bits per heavy atom. The lowest BCUT2D eigenvalue weighted by Crippen LogP contribution is -2.26. The van der Waals surface area contributed by atoms with Crippen molar-refractivity contribution in [1.82, 2.24) is 19.6 Å². The predicted molar refractivity (Wildman–Crippen MR) is 136 cm³/mol. The van der Waals surface area contributed by atoms with Gasteiger partial charge in [-0.25, -0.2) is 14.5 Å². The van der Waals surface area contributed by atoms with E-state index in [0.717, 1.165) is 22.6 Å². The molecule has 7 heteroatoms. The second kappa shape index (κ2) is 9.79. The molecule has 3 aromatic heterocycles. The van der Waals surface area contributed by atoms with Crippen LogP contribution in [0.15, 0.2) is 84.0 Å². The highest BCUT2D eigenvalue weighted by molar-refractivity contribution is 5.72. The maximum absolute atomic E-state index is 13.9. The number of anilines is 2. The Balaban J connectivity index is 1.96. The third-order valence-corrected chi connectivity index (χ3v) is 6.00. The van der Waals surface area contributed by atoms with E-state index >= 15 is 0 Å². The summed E-state index contributed by atoms with van der Waals surface area (Å²) >= 11 is 0. The SMILES string of the molecule is C=C[C@@H](c1c(Nc2ccccn2)nc2c(C)c(-c3ccccc3)[nH]n2c1=O)C(C)/C=C(\C)OC. The zero-order chi connectivity index (χ0) is 24.2. The number of aromatic amines is 1. The van der Waals surface area contributed by atoms with Gasteiger partial charge in [-0.2, -0.15) is 0 Å². The van der Waals surface area contributed by atoms with Gasteiger partial charge >= 0.3 is 0 Å². The number of nitrogens with one attached hydrogen (secondary N) is 2. The lowest BCUT2D eigenvalue weighted by molar-refractivity contribution is 0.288. The molecule has 34 heavy (non-hydrogen) atoms. The molecule has 7 nitrogen and oxygen atoms in total. The van der Waals surface area contributed by atoms with Crippen molar-refractivity contribution < 1.29 is 4.74 Å². The highest BCUT2D eigenvalue weighted by Gasteiger charge is 2.26. The minimum absolute atomic E-state index is 0.0565. The van der Waals surface area contributed by atoms with Crippen molar-refractivity contribution >= 4 is 17.3 Å². The van der Waals surface area contributed by atoms with Crippen LogP contribution in [0.3, 0.4) is 0 Å². The molecule has 2 N–H and O–H groups in total. The fourth-order valence-electron chi connectivity index (χ4n) is 4.17. The molecule has 0 aliphatic rings. The number of pyridine rings is 1. The second-order valence-electron chi connectivity index (χ2n) is 8.26. The Morgan fingerprint density at radius 1 is 1.21 bits per heavy atom. The van der Waals surface area contributed by atoms with Crippen molar-refractivity contribution in [2.24, 2.45) is 5.92 Å². The van der Waals surface area contributed by atoms with Gasteiger partial charge in [0.2, 0.25) is 0 Å². The molecule has 0 bridgehead atoms. The monoisotopic (exact) mass is 455 g/mol. The van der Waals surface area contributed by atoms with Gasteiger partial charge in [0, 0.05) is 17.7 Å². The van der Waals surface area contributed by atoms with E-state index in [-0.39, 0.29) is 17.4 Å². The lowest BCUT2D eigenvalue weighted by atomic mass is 9.87. The van der Waals surface area contributed by atoms with Gasteiger partial charge in [-0.15, -0.1) is 6.58 Å². The molecule has 3 heterocycles. The van der Waals surface area contributed by atoms with E-state index in [1.165, 1.54) is 4.52 Å². The van der Waals surface area contributed by atoms with Gasteiger partial charge in [-0.1, -0.05) is 49.4 Å². The van der Waals surface area contributed by atoms with Crippen LogP contribution in [-0.2, 0) is 4.74 Å². The first-order valence-electron chi connectivity index (χ1n) is 11.2. The van der Waals surface area contributed by atoms with Gasteiger partial charge in [0.15, 0.2) is 5.65 Å². The number of aryl methyl sites for hydroxylation is 1. The van der Waals surface area contributed by atoms with E-state index in [2.05, 4.69) is 22.0 Å². The molecule has 0 amide bonds. The van der Waals surface area contributed by atoms with Crippen LogP contribution in [0.1, 0.15) is 30.9 Å². The van der Waals surface area contributed by atoms with Crippen LogP contribution >= 0.6 is 0 Å². The van der Waals surface area contributed by atoms with Crippen LogP contribution in [0, 0.1) is 12.8 Å². The Labute approximate surface area is 198 Å². The number of allylic oxidation sites excluding steroid dienone is 3. The normalized spacial score (nSPS) is 13.5. The Hall–Kier alpha value is -4.13. The Kier molecular flexibility index (Phi) is 6.63. The van der Waals surface area contributed by atoms with Crippen molar-refractivity contribution in [3.63, 3.8) is 0 Å². The van der Waals surface area contributed by atoms with Gasteiger partial charge < -0.3 is 10.1 Å². The molecule has 0 aliphatic carbocycles. The molecular weight excluding hydrogens is 426 g/mol. The summed E-state index contributed by atoms with van der Waals surface area (Å²) in [4.78, 5) is 23.2. The summed E-state index contributed by atoms with van der Waals surface area (Å²) in [6.45, 7) is 9.91. The summed E-state index contributed by atoms with van der Waals surface area (Å²) in [6, 6.07) is 15.5. The van der Waals surface area contributed by atoms with E-state index in [9.17, 15) is 4.79 Å². The number of benzene rings is 1. The van der Waals surface area contributed by atoms with Gasteiger partial charge in [-0.05, 0) is 43.5 Å². The van der Waals surface area contributed by atoms with Crippen LogP contribution in [0.5, 0.6) is 0 Å². The molecule has 1 aromatic carbocycles. The molecule has 4 aromatic rings. The van der Waals surface area contributed by atoms with Gasteiger partial charge in [0.1, 0.15) is 11.6 Å². The topological polar surface area (TPSA) is 84.3 Å². The van der Waals surface area contributed by atoms with Crippen LogP contribution in [-0.4, -0.2) is 26.7 Å². The van der Waals surface area contributed by atoms with Gasteiger partial charge in [0.25, 0.3) is 5.56 Å². The first-order valence-corrected chi connectivity index (χ1v) is 11.2. The average molecular weight is 456 g/mol. The van der Waals surface area contributed by atoms with Crippen molar-refractivity contribution in [2.45, 2.75) is 26.7 Å². The standard InChI is InChI=1S/C27H29N5O2/c1-6-21(17(2)16-18(3)34-5)23-25(29-22-14-10-11-15-28-22)30-26-19(4)24(31-32(26)27(23)33)20-12-8-7-9-13-20/h6-17,21,31H,1H2,2-5H3,(H,28,29)/b18-16+/t17?,21-/m1/s1. The first kappa shape index (κ1) is 23.0. The smallest absolute Gasteiger partial charge is 0.278 e. The summed E-state index contributed by atoms with van der Waals surface area (Å²) in [7, 11) is 1.63. The zero-order valence-corrected chi connectivity index (χ0v) is 19.9. The number of H-pyrrole nitrogens is 1. The molecule has 174 valence electrons. The van der Waals surface area contributed by atoms with Crippen molar-refractivity contribution in [2.75, 3.05) is 12.4 Å². The molecule has 0 saturated heterocycles. The maximum atomic E-state index is 13.9. The molecule has 4 rings (SSSR count).